The molecular formula is C31H41N3O7S. The summed E-state index contributed by atoms with van der Waals surface area (Å²) >= 11 is 0. The van der Waals surface area contributed by atoms with Crippen LogP contribution in [-0.4, -0.2) is 99.4 Å². The van der Waals surface area contributed by atoms with E-state index in [0.717, 1.165) is 32.5 Å². The Kier molecular flexibility index (Phi) is 10.2. The van der Waals surface area contributed by atoms with E-state index in [1.54, 1.807) is 12.1 Å². The maximum Gasteiger partial charge on any atom is 0.288 e. The lowest BCUT2D eigenvalue weighted by Gasteiger charge is -2.36. The highest BCUT2D eigenvalue weighted by atomic mass is 32.2. The lowest BCUT2D eigenvalue weighted by Crippen LogP contribution is -2.49. The quantitative estimate of drug-likeness (QED) is 0.375. The molecule has 0 unspecified atom stereocenters. The van der Waals surface area contributed by atoms with Gasteiger partial charge >= 0.3 is 0 Å². The number of carbonyl (C=O) groups excluding carboxylic acids is 1. The van der Waals surface area contributed by atoms with E-state index < -0.39 is 16.3 Å². The van der Waals surface area contributed by atoms with Crippen LogP contribution in [0.2, 0.25) is 0 Å². The predicted molar refractivity (Wildman–Crippen MR) is 157 cm³/mol. The molecule has 2 aliphatic heterocycles. The van der Waals surface area contributed by atoms with Crippen LogP contribution in [0.15, 0.2) is 71.3 Å². The minimum atomic E-state index is -3.85. The molecule has 5 rings (SSSR count). The molecule has 2 aromatic carbocycles. The van der Waals surface area contributed by atoms with Crippen molar-refractivity contribution >= 4 is 15.9 Å². The second kappa shape index (κ2) is 14.0. The highest BCUT2D eigenvalue weighted by molar-refractivity contribution is 7.89. The molecule has 2 atom stereocenters. The molecule has 0 bridgehead atoms. The Bertz CT molecular complexity index is 1310. The SMILES string of the molecule is COc1ccc(S(=O)(=O)N(CCO)CCO[C@H]2C[C@@H](C3CC3)C=C(C(=O)N3CCN(Cc4ccccc4)CC3)O2)cc1. The minimum Gasteiger partial charge on any atom is -0.497 e. The van der Waals surface area contributed by atoms with E-state index in [4.69, 9.17) is 14.2 Å². The summed E-state index contributed by atoms with van der Waals surface area (Å²) in [7, 11) is -2.33. The van der Waals surface area contributed by atoms with E-state index in [9.17, 15) is 18.3 Å². The van der Waals surface area contributed by atoms with Gasteiger partial charge in [-0.05, 0) is 60.6 Å². The second-order valence-electron chi connectivity index (χ2n) is 11.0. The fourth-order valence-electron chi connectivity index (χ4n) is 5.54. The first-order valence-electron chi connectivity index (χ1n) is 14.7. The number of sulfonamides is 1. The number of piperazine rings is 1. The third-order valence-corrected chi connectivity index (χ3v) is 10.0. The van der Waals surface area contributed by atoms with Gasteiger partial charge < -0.3 is 24.2 Å². The highest BCUT2D eigenvalue weighted by Gasteiger charge is 2.38. The zero-order chi connectivity index (χ0) is 29.5. The number of benzene rings is 2. The van der Waals surface area contributed by atoms with Crippen LogP contribution in [-0.2, 0) is 30.8 Å². The number of hydrogen-bond donors (Lipinski definition) is 1. The number of nitrogens with zero attached hydrogens (tertiary/aromatic N) is 3. The number of amides is 1. The van der Waals surface area contributed by atoms with Crippen molar-refractivity contribution in [2.24, 2.45) is 11.8 Å². The average Bonchev–Trinajstić information content (AvgIpc) is 3.87. The Labute approximate surface area is 248 Å². The normalized spacial score (nSPS) is 21.6. The van der Waals surface area contributed by atoms with E-state index in [1.807, 2.05) is 29.2 Å². The Morgan fingerprint density at radius 1 is 1.02 bits per heavy atom. The first kappa shape index (κ1) is 30.5. The van der Waals surface area contributed by atoms with Crippen LogP contribution in [0, 0.1) is 11.8 Å². The van der Waals surface area contributed by atoms with Gasteiger partial charge in [-0.3, -0.25) is 9.69 Å². The summed E-state index contributed by atoms with van der Waals surface area (Å²) in [5.74, 6) is 1.48. The van der Waals surface area contributed by atoms with Crippen molar-refractivity contribution in [1.29, 1.82) is 0 Å². The molecule has 0 spiro atoms. The molecule has 1 saturated heterocycles. The smallest absolute Gasteiger partial charge is 0.288 e. The van der Waals surface area contributed by atoms with Crippen LogP contribution in [0.3, 0.4) is 0 Å². The maximum absolute atomic E-state index is 13.5. The summed E-state index contributed by atoms with van der Waals surface area (Å²) in [6.07, 6.45) is 4.20. The van der Waals surface area contributed by atoms with Crippen LogP contribution >= 0.6 is 0 Å². The van der Waals surface area contributed by atoms with Gasteiger partial charge in [-0.1, -0.05) is 30.3 Å². The van der Waals surface area contributed by atoms with Crippen molar-refractivity contribution in [1.82, 2.24) is 14.1 Å². The Hall–Kier alpha value is -2.96. The summed E-state index contributed by atoms with van der Waals surface area (Å²) in [6.45, 7) is 3.44. The van der Waals surface area contributed by atoms with Crippen LogP contribution < -0.4 is 4.74 Å². The highest BCUT2D eigenvalue weighted by Crippen LogP contribution is 2.43. The van der Waals surface area contributed by atoms with Crippen molar-refractivity contribution in [2.45, 2.75) is 37.0 Å². The van der Waals surface area contributed by atoms with E-state index >= 15 is 0 Å². The van der Waals surface area contributed by atoms with Crippen molar-refractivity contribution in [3.05, 3.63) is 72.0 Å². The van der Waals surface area contributed by atoms with Gasteiger partial charge in [0.05, 0.1) is 25.2 Å². The summed E-state index contributed by atoms with van der Waals surface area (Å²) in [4.78, 5) is 17.8. The number of aliphatic hydroxyl groups excluding tert-OH is 1. The number of rotatable bonds is 13. The van der Waals surface area contributed by atoms with Crippen molar-refractivity contribution in [3.8, 4) is 5.75 Å². The Morgan fingerprint density at radius 3 is 2.38 bits per heavy atom. The Balaban J connectivity index is 1.16. The molecule has 2 fully saturated rings. The first-order chi connectivity index (χ1) is 20.4. The van der Waals surface area contributed by atoms with Gasteiger partial charge in [-0.25, -0.2) is 8.42 Å². The Morgan fingerprint density at radius 2 is 1.74 bits per heavy atom. The van der Waals surface area contributed by atoms with E-state index in [2.05, 4.69) is 17.0 Å². The van der Waals surface area contributed by atoms with E-state index in [1.165, 1.54) is 29.1 Å². The molecule has 1 aliphatic carbocycles. The molecule has 2 heterocycles. The molecule has 3 aliphatic rings. The van der Waals surface area contributed by atoms with Crippen molar-refractivity contribution in [3.63, 3.8) is 0 Å². The van der Waals surface area contributed by atoms with Crippen LogP contribution in [0.5, 0.6) is 5.75 Å². The van der Waals surface area contributed by atoms with E-state index in [0.29, 0.717) is 36.9 Å². The van der Waals surface area contributed by atoms with E-state index in [-0.39, 0.29) is 43.0 Å². The molecule has 10 nitrogen and oxygen atoms in total. The molecule has 0 radical (unpaired) electrons. The number of carbonyl (C=O) groups is 1. The molecule has 1 N–H and O–H groups in total. The summed E-state index contributed by atoms with van der Waals surface area (Å²) in [6, 6.07) is 16.5. The number of hydrogen-bond acceptors (Lipinski definition) is 8. The number of aliphatic hydroxyl groups is 1. The minimum absolute atomic E-state index is 0.0409. The molecule has 11 heteroatoms. The lowest BCUT2D eigenvalue weighted by atomic mass is 9.96. The summed E-state index contributed by atoms with van der Waals surface area (Å²) in [5, 5.41) is 9.55. The molecule has 42 heavy (non-hydrogen) atoms. The zero-order valence-corrected chi connectivity index (χ0v) is 25.0. The molecular weight excluding hydrogens is 558 g/mol. The van der Waals surface area contributed by atoms with Crippen molar-refractivity contribution < 1.29 is 32.5 Å². The standard InChI is InChI=1S/C31H41N3O7S/c1-39-27-9-11-28(12-10-27)42(37,38)34(17-19-35)18-20-40-30-22-26(25-7-8-25)21-29(41-30)31(36)33-15-13-32(14-16-33)23-24-5-3-2-4-6-24/h2-6,9-12,21,25-26,30,35H,7-8,13-20,22-23H2,1H3/t26-,30+/m0/s1. The maximum atomic E-state index is 13.5. The number of ether oxygens (including phenoxy) is 3. The number of methoxy groups -OCH3 is 1. The lowest BCUT2D eigenvalue weighted by molar-refractivity contribution is -0.156. The summed E-state index contributed by atoms with van der Waals surface area (Å²) in [5.41, 5.74) is 1.26. The van der Waals surface area contributed by atoms with Gasteiger partial charge in [0.2, 0.25) is 16.3 Å². The monoisotopic (exact) mass is 599 g/mol. The van der Waals surface area contributed by atoms with Gasteiger partial charge in [0, 0.05) is 52.2 Å². The van der Waals surface area contributed by atoms with Crippen LogP contribution in [0.4, 0.5) is 0 Å². The largest absolute Gasteiger partial charge is 0.497 e. The third-order valence-electron chi connectivity index (χ3n) is 8.13. The third kappa shape index (κ3) is 7.70. The van der Waals surface area contributed by atoms with Crippen molar-refractivity contribution in [2.75, 3.05) is 59.6 Å². The van der Waals surface area contributed by atoms with Crippen LogP contribution in [0.1, 0.15) is 24.8 Å². The van der Waals surface area contributed by atoms with Gasteiger partial charge in [0.25, 0.3) is 5.91 Å². The molecule has 1 saturated carbocycles. The molecule has 1 amide bonds. The average molecular weight is 600 g/mol. The number of allylic oxidation sites excluding steroid dienone is 1. The van der Waals surface area contributed by atoms with Gasteiger partial charge in [-0.15, -0.1) is 0 Å². The van der Waals surface area contributed by atoms with Gasteiger partial charge in [-0.2, -0.15) is 4.31 Å². The first-order valence-corrected chi connectivity index (χ1v) is 16.1. The summed E-state index contributed by atoms with van der Waals surface area (Å²) < 4.78 is 44.9. The molecule has 0 aromatic heterocycles. The van der Waals surface area contributed by atoms with Gasteiger partial charge in [0.15, 0.2) is 5.76 Å². The van der Waals surface area contributed by atoms with Gasteiger partial charge in [0.1, 0.15) is 5.75 Å². The molecule has 2 aromatic rings. The topological polar surface area (TPSA) is 109 Å². The van der Waals surface area contributed by atoms with Crippen LogP contribution in [0.25, 0.3) is 0 Å². The zero-order valence-electron chi connectivity index (χ0n) is 24.1. The predicted octanol–water partition coefficient (Wildman–Crippen LogP) is 2.70. The fourth-order valence-corrected chi connectivity index (χ4v) is 6.96. The fraction of sp³-hybridized carbons (Fsp3) is 0.516. The second-order valence-corrected chi connectivity index (χ2v) is 13.0. The molecule has 228 valence electrons.